The first-order valence-corrected chi connectivity index (χ1v) is 7.25. The summed E-state index contributed by atoms with van der Waals surface area (Å²) in [4.78, 5) is 11.7. The highest BCUT2D eigenvalue weighted by molar-refractivity contribution is 5.98. The van der Waals surface area contributed by atoms with Crippen LogP contribution in [0.15, 0.2) is 42.5 Å². The van der Waals surface area contributed by atoms with Crippen molar-refractivity contribution in [1.82, 2.24) is 0 Å². The van der Waals surface area contributed by atoms with E-state index in [-0.39, 0.29) is 0 Å². The number of hydrogen-bond donors (Lipinski definition) is 2. The van der Waals surface area contributed by atoms with Crippen molar-refractivity contribution in [3.05, 3.63) is 48.0 Å². The summed E-state index contributed by atoms with van der Waals surface area (Å²) in [5, 5.41) is 10.5. The highest BCUT2D eigenvalue weighted by Crippen LogP contribution is 2.35. The molecule has 1 amide bonds. The smallest absolute Gasteiger partial charge is 0.267 e. The zero-order chi connectivity index (χ0) is 15.7. The topological polar surface area (TPSA) is 75.8 Å². The molecule has 0 fully saturated rings. The van der Waals surface area contributed by atoms with Crippen molar-refractivity contribution in [1.29, 1.82) is 0 Å². The average molecular weight is 298 g/mol. The van der Waals surface area contributed by atoms with Crippen LogP contribution < -0.4 is 15.5 Å². The molecule has 2 aromatic carbocycles. The van der Waals surface area contributed by atoms with Gasteiger partial charge in [-0.15, -0.1) is 0 Å². The van der Waals surface area contributed by atoms with Gasteiger partial charge in [0.15, 0.2) is 0 Å². The molecule has 2 aromatic rings. The predicted molar refractivity (Wildman–Crippen MR) is 84.0 cm³/mol. The number of fused-ring (bicyclic) bond motifs is 1. The molecule has 5 nitrogen and oxygen atoms in total. The van der Waals surface area contributed by atoms with E-state index in [0.29, 0.717) is 23.8 Å². The Bertz CT molecular complexity index is 715. The number of nitrogens with two attached hydrogens (primary N) is 1. The van der Waals surface area contributed by atoms with E-state index in [0.717, 1.165) is 22.4 Å². The SMILES string of the molecule is CCOc1ccccc1-c1ccc2c(c1)C[C@H](N)C(=O)N2O. The summed E-state index contributed by atoms with van der Waals surface area (Å²) in [6.07, 6.45) is 0.413. The Balaban J connectivity index is 2.05. The van der Waals surface area contributed by atoms with Gasteiger partial charge < -0.3 is 10.5 Å². The van der Waals surface area contributed by atoms with E-state index in [1.54, 1.807) is 6.07 Å². The fourth-order valence-corrected chi connectivity index (χ4v) is 2.71. The summed E-state index contributed by atoms with van der Waals surface area (Å²) >= 11 is 0. The van der Waals surface area contributed by atoms with Crippen LogP contribution in [-0.4, -0.2) is 23.8 Å². The number of anilines is 1. The van der Waals surface area contributed by atoms with Crippen molar-refractivity contribution in [2.24, 2.45) is 5.73 Å². The van der Waals surface area contributed by atoms with Gasteiger partial charge in [0, 0.05) is 5.56 Å². The van der Waals surface area contributed by atoms with Gasteiger partial charge in [-0.1, -0.05) is 24.3 Å². The Labute approximate surface area is 128 Å². The van der Waals surface area contributed by atoms with Gasteiger partial charge in [-0.25, -0.2) is 0 Å². The van der Waals surface area contributed by atoms with Crippen molar-refractivity contribution in [2.75, 3.05) is 11.7 Å². The second kappa shape index (κ2) is 5.79. The molecular formula is C17H18N2O3. The molecule has 1 atom stereocenters. The number of hydrogen-bond acceptors (Lipinski definition) is 4. The van der Waals surface area contributed by atoms with Crippen LogP contribution in [0.25, 0.3) is 11.1 Å². The zero-order valence-corrected chi connectivity index (χ0v) is 12.3. The molecule has 0 aromatic heterocycles. The van der Waals surface area contributed by atoms with Crippen LogP contribution in [0.2, 0.25) is 0 Å². The van der Waals surface area contributed by atoms with Gasteiger partial charge in [0.25, 0.3) is 5.91 Å². The molecule has 0 aliphatic carbocycles. The number of para-hydroxylation sites is 1. The predicted octanol–water partition coefficient (Wildman–Crippen LogP) is 2.36. The molecule has 1 aliphatic heterocycles. The van der Waals surface area contributed by atoms with Crippen molar-refractivity contribution >= 4 is 11.6 Å². The molecule has 0 unspecified atom stereocenters. The summed E-state index contributed by atoms with van der Waals surface area (Å²) in [6.45, 7) is 2.53. The molecule has 0 saturated heterocycles. The second-order valence-corrected chi connectivity index (χ2v) is 5.23. The lowest BCUT2D eigenvalue weighted by molar-refractivity contribution is -0.125. The maximum atomic E-state index is 11.7. The molecule has 1 aliphatic rings. The van der Waals surface area contributed by atoms with E-state index in [4.69, 9.17) is 10.5 Å². The van der Waals surface area contributed by atoms with Crippen LogP contribution in [0, 0.1) is 0 Å². The van der Waals surface area contributed by atoms with Gasteiger partial charge in [0.2, 0.25) is 0 Å². The van der Waals surface area contributed by atoms with E-state index in [1.165, 1.54) is 0 Å². The third-order valence-electron chi connectivity index (χ3n) is 3.77. The minimum atomic E-state index is -0.713. The molecule has 3 N–H and O–H groups in total. The van der Waals surface area contributed by atoms with E-state index in [2.05, 4.69) is 0 Å². The van der Waals surface area contributed by atoms with E-state index in [9.17, 15) is 10.0 Å². The van der Waals surface area contributed by atoms with Gasteiger partial charge in [-0.05, 0) is 42.7 Å². The first-order valence-electron chi connectivity index (χ1n) is 7.25. The van der Waals surface area contributed by atoms with Crippen molar-refractivity contribution in [3.8, 4) is 16.9 Å². The van der Waals surface area contributed by atoms with Crippen molar-refractivity contribution in [3.63, 3.8) is 0 Å². The van der Waals surface area contributed by atoms with Crippen molar-refractivity contribution < 1.29 is 14.7 Å². The summed E-state index contributed by atoms with van der Waals surface area (Å²) in [5.41, 5.74) is 9.05. The number of nitrogens with zero attached hydrogens (tertiary/aromatic N) is 1. The van der Waals surface area contributed by atoms with Crippen LogP contribution in [0.3, 0.4) is 0 Å². The largest absolute Gasteiger partial charge is 0.493 e. The standard InChI is InChI=1S/C17H18N2O3/c1-2-22-16-6-4-3-5-13(16)11-7-8-15-12(9-11)10-14(18)17(20)19(15)21/h3-9,14,21H,2,10,18H2,1H3/t14-/m0/s1. The molecule has 0 bridgehead atoms. The van der Waals surface area contributed by atoms with Crippen LogP contribution in [0.5, 0.6) is 5.75 Å². The Hall–Kier alpha value is -2.37. The average Bonchev–Trinajstić information content (AvgIpc) is 2.53. The Kier molecular flexibility index (Phi) is 3.83. The van der Waals surface area contributed by atoms with E-state index < -0.39 is 11.9 Å². The van der Waals surface area contributed by atoms with Gasteiger partial charge in [-0.3, -0.25) is 10.0 Å². The lowest BCUT2D eigenvalue weighted by Gasteiger charge is -2.28. The molecule has 0 radical (unpaired) electrons. The number of ether oxygens (including phenoxy) is 1. The van der Waals surface area contributed by atoms with Crippen LogP contribution >= 0.6 is 0 Å². The number of carbonyl (C=O) groups is 1. The monoisotopic (exact) mass is 298 g/mol. The number of hydroxylamine groups is 1. The molecular weight excluding hydrogens is 280 g/mol. The van der Waals surface area contributed by atoms with Gasteiger partial charge in [-0.2, -0.15) is 5.06 Å². The molecule has 1 heterocycles. The summed E-state index contributed by atoms with van der Waals surface area (Å²) in [7, 11) is 0. The first-order chi connectivity index (χ1) is 10.6. The lowest BCUT2D eigenvalue weighted by atomic mass is 9.94. The molecule has 5 heteroatoms. The van der Waals surface area contributed by atoms with E-state index >= 15 is 0 Å². The first kappa shape index (κ1) is 14.6. The maximum absolute atomic E-state index is 11.7. The number of amides is 1. The molecule has 0 spiro atoms. The van der Waals surface area contributed by atoms with Gasteiger partial charge in [0.1, 0.15) is 5.75 Å². The molecule has 114 valence electrons. The van der Waals surface area contributed by atoms with Gasteiger partial charge >= 0.3 is 0 Å². The molecule has 3 rings (SSSR count). The Morgan fingerprint density at radius 2 is 2.09 bits per heavy atom. The molecule has 0 saturated carbocycles. The van der Waals surface area contributed by atoms with Crippen LogP contribution in [0.1, 0.15) is 12.5 Å². The normalized spacial score (nSPS) is 17.3. The van der Waals surface area contributed by atoms with Crippen LogP contribution in [-0.2, 0) is 11.2 Å². The van der Waals surface area contributed by atoms with Gasteiger partial charge in [0.05, 0.1) is 18.3 Å². The Morgan fingerprint density at radius 1 is 1.32 bits per heavy atom. The summed E-state index contributed by atoms with van der Waals surface area (Å²) in [5.74, 6) is 0.331. The fraction of sp³-hybridized carbons (Fsp3) is 0.235. The maximum Gasteiger partial charge on any atom is 0.267 e. The quantitative estimate of drug-likeness (QED) is 0.853. The lowest BCUT2D eigenvalue weighted by Crippen LogP contribution is -2.47. The van der Waals surface area contributed by atoms with E-state index in [1.807, 2.05) is 43.3 Å². The number of carbonyl (C=O) groups excluding carboxylic acids is 1. The molecule has 22 heavy (non-hydrogen) atoms. The third-order valence-corrected chi connectivity index (χ3v) is 3.77. The minimum absolute atomic E-state index is 0.413. The van der Waals surface area contributed by atoms with Crippen molar-refractivity contribution in [2.45, 2.75) is 19.4 Å². The second-order valence-electron chi connectivity index (χ2n) is 5.23. The van der Waals surface area contributed by atoms with Crippen LogP contribution in [0.4, 0.5) is 5.69 Å². The number of rotatable bonds is 3. The number of benzene rings is 2. The fourth-order valence-electron chi connectivity index (χ4n) is 2.71. The summed E-state index contributed by atoms with van der Waals surface area (Å²) in [6, 6.07) is 12.6. The highest BCUT2D eigenvalue weighted by atomic mass is 16.5. The third kappa shape index (κ3) is 2.45. The highest BCUT2D eigenvalue weighted by Gasteiger charge is 2.29. The Morgan fingerprint density at radius 3 is 2.86 bits per heavy atom. The summed E-state index contributed by atoms with van der Waals surface area (Å²) < 4.78 is 5.66. The minimum Gasteiger partial charge on any atom is -0.493 e. The zero-order valence-electron chi connectivity index (χ0n) is 12.3.